The fraction of sp³-hybridized carbons (Fsp3) is 0.467. The number of benzene rings is 1. The van der Waals surface area contributed by atoms with E-state index in [0.29, 0.717) is 48.7 Å². The Morgan fingerprint density at radius 3 is 1.51 bits per heavy atom. The average Bonchev–Trinajstić information content (AvgIpc) is 2.99. The molecule has 0 bridgehead atoms. The number of nitrogens with one attached hydrogen (secondary N) is 1. The van der Waals surface area contributed by atoms with E-state index in [2.05, 4.69) is 25.3 Å². The first-order valence-electron chi connectivity index (χ1n) is 14.5. The van der Waals surface area contributed by atoms with Crippen molar-refractivity contribution < 1.29 is 45.4 Å². The molecule has 256 valence electrons. The van der Waals surface area contributed by atoms with E-state index in [4.69, 9.17) is 18.9 Å². The van der Waals surface area contributed by atoms with Gasteiger partial charge in [0.25, 0.3) is 5.91 Å². The maximum absolute atomic E-state index is 13.1. The van der Waals surface area contributed by atoms with Crippen molar-refractivity contribution >= 4 is 31.6 Å². The number of ether oxygens (including phenoxy) is 4. The average molecular weight is 694 g/mol. The van der Waals surface area contributed by atoms with Gasteiger partial charge in [0.2, 0.25) is 30.0 Å². The number of aromatic nitrogens is 4. The molecule has 3 rings (SSSR count). The van der Waals surface area contributed by atoms with Crippen molar-refractivity contribution in [2.45, 2.75) is 43.1 Å². The summed E-state index contributed by atoms with van der Waals surface area (Å²) in [5.74, 6) is -0.738. The van der Waals surface area contributed by atoms with Gasteiger partial charge in [-0.05, 0) is 50.1 Å². The summed E-state index contributed by atoms with van der Waals surface area (Å²) >= 11 is 0. The van der Waals surface area contributed by atoms with Crippen molar-refractivity contribution in [2.24, 2.45) is 0 Å². The summed E-state index contributed by atoms with van der Waals surface area (Å²) in [5, 5.41) is 2.10. The van der Waals surface area contributed by atoms with Gasteiger partial charge in [0.1, 0.15) is 5.60 Å². The lowest BCUT2D eigenvalue weighted by Gasteiger charge is -2.19. The molecule has 0 aliphatic rings. The summed E-state index contributed by atoms with van der Waals surface area (Å²) in [4.78, 5) is 40.5. The largest absolute Gasteiger partial charge is 0.460 e. The predicted molar refractivity (Wildman–Crippen MR) is 170 cm³/mol. The van der Waals surface area contributed by atoms with Crippen LogP contribution in [0.1, 0.15) is 37.6 Å². The number of hydrogen-bond donors (Lipinski definition) is 1. The Hall–Kier alpha value is -3.90. The van der Waals surface area contributed by atoms with E-state index in [1.54, 1.807) is 39.0 Å². The fourth-order valence-corrected chi connectivity index (χ4v) is 4.81. The summed E-state index contributed by atoms with van der Waals surface area (Å²) in [6, 6.07) is 4.88. The molecule has 0 saturated carbocycles. The third-order valence-corrected chi connectivity index (χ3v) is 7.68. The van der Waals surface area contributed by atoms with Crippen molar-refractivity contribution in [3.63, 3.8) is 0 Å². The first kappa shape index (κ1) is 37.6. The van der Waals surface area contributed by atoms with Gasteiger partial charge in [0.05, 0.1) is 46.1 Å². The monoisotopic (exact) mass is 693 g/mol. The number of esters is 1. The first-order chi connectivity index (χ1) is 22.0. The van der Waals surface area contributed by atoms with E-state index in [-0.39, 0.29) is 48.0 Å². The van der Waals surface area contributed by atoms with Crippen LogP contribution in [0, 0.1) is 0 Å². The third-order valence-electron chi connectivity index (χ3n) is 5.93. The van der Waals surface area contributed by atoms with Crippen molar-refractivity contribution in [2.75, 3.05) is 58.7 Å². The van der Waals surface area contributed by atoms with Crippen LogP contribution >= 0.6 is 0 Å². The number of carbonyl (C=O) groups excluding carboxylic acids is 2. The zero-order chi connectivity index (χ0) is 34.7. The van der Waals surface area contributed by atoms with Crippen molar-refractivity contribution in [3.05, 3.63) is 48.5 Å². The number of carbonyl (C=O) groups is 2. The molecule has 2 aromatic heterocycles. The minimum absolute atomic E-state index is 0.164. The lowest BCUT2D eigenvalue weighted by molar-refractivity contribution is -0.156. The maximum Gasteiger partial charge on any atom is 0.308 e. The van der Waals surface area contributed by atoms with E-state index in [1.165, 1.54) is 24.8 Å². The van der Waals surface area contributed by atoms with Crippen LogP contribution in [-0.2, 0) is 43.4 Å². The van der Waals surface area contributed by atoms with E-state index in [0.717, 1.165) is 12.5 Å². The Kier molecular flexibility index (Phi) is 13.4. The van der Waals surface area contributed by atoms with E-state index in [9.17, 15) is 26.4 Å². The Balaban J connectivity index is 1.53. The number of sulfone groups is 2. The highest BCUT2D eigenvalue weighted by Crippen LogP contribution is 2.28. The van der Waals surface area contributed by atoms with Gasteiger partial charge in [0, 0.05) is 60.5 Å². The molecule has 1 N–H and O–H groups in total. The van der Waals surface area contributed by atoms with Crippen LogP contribution in [0.4, 0.5) is 0 Å². The number of hydrogen-bond acceptors (Lipinski definition) is 14. The van der Waals surface area contributed by atoms with Crippen molar-refractivity contribution in [1.82, 2.24) is 25.3 Å². The lowest BCUT2D eigenvalue weighted by atomic mass is 9.98. The minimum Gasteiger partial charge on any atom is -0.460 e. The molecule has 0 atom stereocenters. The summed E-state index contributed by atoms with van der Waals surface area (Å²) in [7, 11) is -7.23. The van der Waals surface area contributed by atoms with Crippen LogP contribution in [0.2, 0.25) is 0 Å². The molecule has 3 aromatic rings. The molecule has 17 heteroatoms. The minimum atomic E-state index is -3.61. The summed E-state index contributed by atoms with van der Waals surface area (Å²) < 4.78 is 68.7. The summed E-state index contributed by atoms with van der Waals surface area (Å²) in [6.07, 6.45) is 7.49. The van der Waals surface area contributed by atoms with Gasteiger partial charge in [0.15, 0.2) is 0 Å². The number of rotatable bonds is 17. The Morgan fingerprint density at radius 1 is 0.660 bits per heavy atom. The molecule has 0 aliphatic heterocycles. The molecule has 0 saturated heterocycles. The van der Waals surface area contributed by atoms with Gasteiger partial charge in [-0.1, -0.05) is 0 Å². The number of nitrogens with zero attached hydrogens (tertiary/aromatic N) is 4. The zero-order valence-corrected chi connectivity index (χ0v) is 28.5. The second-order valence-corrected chi connectivity index (χ2v) is 15.1. The van der Waals surface area contributed by atoms with Crippen LogP contribution < -0.4 is 5.32 Å². The summed E-state index contributed by atoms with van der Waals surface area (Å²) in [6.45, 7) is 7.33. The van der Waals surface area contributed by atoms with Gasteiger partial charge in [-0.2, -0.15) is 0 Å². The van der Waals surface area contributed by atoms with Gasteiger partial charge in [-0.3, -0.25) is 9.59 Å². The van der Waals surface area contributed by atoms with Crippen LogP contribution in [0.3, 0.4) is 0 Å². The Labute approximate surface area is 274 Å². The molecule has 1 aromatic carbocycles. The third kappa shape index (κ3) is 13.0. The molecule has 0 unspecified atom stereocenters. The van der Waals surface area contributed by atoms with Crippen LogP contribution in [0.15, 0.2) is 53.3 Å². The lowest BCUT2D eigenvalue weighted by Crippen LogP contribution is -2.27. The smallest absolute Gasteiger partial charge is 0.308 e. The standard InChI is InChI=1S/C30H39N5O10S2/c1-30(2,3)45-26(36)6-8-42-10-12-44-13-11-43-9-7-31-27(37)23-15-21(24-17-32-28(33-18-24)46(4,38)39)14-22(16-23)25-19-34-29(35-20-25)47(5,40)41/h14-20H,6-13H2,1-5H3,(H,31,37). The molecule has 0 radical (unpaired) electrons. The molecule has 0 spiro atoms. The highest BCUT2D eigenvalue weighted by Gasteiger charge is 2.17. The van der Waals surface area contributed by atoms with Crippen LogP contribution in [0.25, 0.3) is 22.3 Å². The molecular weight excluding hydrogens is 654 g/mol. The molecule has 15 nitrogen and oxygen atoms in total. The quantitative estimate of drug-likeness (QED) is 0.122. The molecular formula is C30H39N5O10S2. The number of amides is 1. The van der Waals surface area contributed by atoms with Gasteiger partial charge in [-0.15, -0.1) is 0 Å². The van der Waals surface area contributed by atoms with Crippen molar-refractivity contribution in [3.8, 4) is 22.3 Å². The fourth-order valence-electron chi connectivity index (χ4n) is 3.83. The molecule has 2 heterocycles. The van der Waals surface area contributed by atoms with Crippen LogP contribution in [-0.4, -0.2) is 113 Å². The van der Waals surface area contributed by atoms with Gasteiger partial charge >= 0.3 is 5.97 Å². The zero-order valence-electron chi connectivity index (χ0n) is 26.9. The highest BCUT2D eigenvalue weighted by molar-refractivity contribution is 7.90. The topological polar surface area (TPSA) is 203 Å². The van der Waals surface area contributed by atoms with E-state index in [1.807, 2.05) is 0 Å². The predicted octanol–water partition coefficient (Wildman–Crippen LogP) is 1.92. The summed E-state index contributed by atoms with van der Waals surface area (Å²) in [5.41, 5.74) is 1.62. The Bertz CT molecular complexity index is 1630. The second kappa shape index (κ2) is 16.8. The van der Waals surface area contributed by atoms with Crippen LogP contribution in [0.5, 0.6) is 0 Å². The van der Waals surface area contributed by atoms with E-state index < -0.39 is 31.2 Å². The first-order valence-corrected chi connectivity index (χ1v) is 18.2. The maximum atomic E-state index is 13.1. The normalized spacial score (nSPS) is 12.1. The molecule has 47 heavy (non-hydrogen) atoms. The van der Waals surface area contributed by atoms with Gasteiger partial charge < -0.3 is 24.3 Å². The molecule has 0 fully saturated rings. The SMILES string of the molecule is CC(C)(C)OC(=O)CCOCCOCCOCCNC(=O)c1cc(-c2cnc(S(C)(=O)=O)nc2)cc(-c2cnc(S(C)(=O)=O)nc2)c1. The molecule has 0 aliphatic carbocycles. The van der Waals surface area contributed by atoms with Gasteiger partial charge in [-0.25, -0.2) is 36.8 Å². The van der Waals surface area contributed by atoms with E-state index >= 15 is 0 Å². The van der Waals surface area contributed by atoms with Crippen molar-refractivity contribution in [1.29, 1.82) is 0 Å². The second-order valence-electron chi connectivity index (χ2n) is 11.3. The highest BCUT2D eigenvalue weighted by atomic mass is 32.2. The Morgan fingerprint density at radius 2 is 1.09 bits per heavy atom. The molecule has 1 amide bonds.